The molecule has 0 bridgehead atoms. The second kappa shape index (κ2) is 5.66. The van der Waals surface area contributed by atoms with Gasteiger partial charge in [0.05, 0.1) is 16.8 Å². The van der Waals surface area contributed by atoms with E-state index in [9.17, 15) is 14.9 Å². The molecule has 0 fully saturated rings. The maximum Gasteiger partial charge on any atom is 0.269 e. The highest BCUT2D eigenvalue weighted by molar-refractivity contribution is 6.30. The van der Waals surface area contributed by atoms with Crippen LogP contribution >= 0.6 is 11.6 Å². The molecule has 1 amide bonds. The zero-order valence-corrected chi connectivity index (χ0v) is 11.2. The highest BCUT2D eigenvalue weighted by Gasteiger charge is 2.10. The van der Waals surface area contributed by atoms with Crippen LogP contribution in [0.5, 0.6) is 0 Å². The van der Waals surface area contributed by atoms with Gasteiger partial charge in [0, 0.05) is 17.7 Å². The van der Waals surface area contributed by atoms with E-state index in [-0.39, 0.29) is 11.6 Å². The Balaban J connectivity index is 2.15. The van der Waals surface area contributed by atoms with Crippen LogP contribution in [0.15, 0.2) is 36.5 Å². The molecule has 0 aliphatic rings. The van der Waals surface area contributed by atoms with Crippen LogP contribution in [-0.4, -0.2) is 15.8 Å². The van der Waals surface area contributed by atoms with E-state index in [1.807, 2.05) is 0 Å². The van der Waals surface area contributed by atoms with Crippen molar-refractivity contribution in [3.8, 4) is 0 Å². The molecule has 0 radical (unpaired) electrons. The number of halogens is 1. The standard InChI is InChI=1S/C13H10ClN3O3/c1-8-6-10(7-15-12(8)14)16-13(18)9-2-4-11(5-3-9)17(19)20/h2-7H,1H3,(H,16,18). The molecule has 0 aliphatic carbocycles. The monoisotopic (exact) mass is 291 g/mol. The summed E-state index contributed by atoms with van der Waals surface area (Å²) >= 11 is 5.79. The molecule has 0 spiro atoms. The first-order chi connectivity index (χ1) is 9.47. The summed E-state index contributed by atoms with van der Waals surface area (Å²) in [7, 11) is 0. The van der Waals surface area contributed by atoms with Crippen LogP contribution in [0.2, 0.25) is 5.15 Å². The van der Waals surface area contributed by atoms with Crippen LogP contribution in [0, 0.1) is 17.0 Å². The molecule has 6 nitrogen and oxygen atoms in total. The normalized spacial score (nSPS) is 10.1. The number of carbonyl (C=O) groups excluding carboxylic acids is 1. The molecule has 2 rings (SSSR count). The highest BCUT2D eigenvalue weighted by Crippen LogP contribution is 2.17. The van der Waals surface area contributed by atoms with Crippen LogP contribution in [0.4, 0.5) is 11.4 Å². The van der Waals surface area contributed by atoms with Crippen molar-refractivity contribution in [2.45, 2.75) is 6.92 Å². The molecule has 1 aromatic carbocycles. The first-order valence-electron chi connectivity index (χ1n) is 5.65. The first kappa shape index (κ1) is 14.0. The SMILES string of the molecule is Cc1cc(NC(=O)c2ccc([N+](=O)[O-])cc2)cnc1Cl. The van der Waals surface area contributed by atoms with Gasteiger partial charge in [0.1, 0.15) is 5.15 Å². The largest absolute Gasteiger partial charge is 0.321 e. The number of benzene rings is 1. The van der Waals surface area contributed by atoms with Crippen LogP contribution < -0.4 is 5.32 Å². The second-order valence-electron chi connectivity index (χ2n) is 4.09. The Morgan fingerprint density at radius 1 is 1.35 bits per heavy atom. The van der Waals surface area contributed by atoms with Gasteiger partial charge in [0.2, 0.25) is 0 Å². The van der Waals surface area contributed by atoms with Crippen LogP contribution in [0.3, 0.4) is 0 Å². The van der Waals surface area contributed by atoms with Crippen molar-refractivity contribution in [3.05, 3.63) is 62.9 Å². The fourth-order valence-corrected chi connectivity index (χ4v) is 1.67. The summed E-state index contributed by atoms with van der Waals surface area (Å²) in [6.45, 7) is 1.77. The minimum Gasteiger partial charge on any atom is -0.321 e. The summed E-state index contributed by atoms with van der Waals surface area (Å²) in [4.78, 5) is 25.9. The summed E-state index contributed by atoms with van der Waals surface area (Å²) in [5, 5.41) is 13.5. The number of nitro groups is 1. The van der Waals surface area contributed by atoms with Gasteiger partial charge in [-0.25, -0.2) is 4.98 Å². The van der Waals surface area contributed by atoms with E-state index in [1.165, 1.54) is 30.5 Å². The molecule has 0 atom stereocenters. The molecular weight excluding hydrogens is 282 g/mol. The van der Waals surface area contributed by atoms with Gasteiger partial charge in [-0.3, -0.25) is 14.9 Å². The molecule has 0 aliphatic heterocycles. The Labute approximate surface area is 119 Å². The Morgan fingerprint density at radius 3 is 2.55 bits per heavy atom. The molecule has 20 heavy (non-hydrogen) atoms. The molecule has 1 heterocycles. The van der Waals surface area contributed by atoms with E-state index >= 15 is 0 Å². The molecule has 0 saturated heterocycles. The number of non-ortho nitro benzene ring substituents is 1. The fourth-order valence-electron chi connectivity index (χ4n) is 1.56. The van der Waals surface area contributed by atoms with Crippen molar-refractivity contribution in [1.82, 2.24) is 4.98 Å². The third kappa shape index (κ3) is 3.10. The van der Waals surface area contributed by atoms with E-state index in [4.69, 9.17) is 11.6 Å². The number of pyridine rings is 1. The summed E-state index contributed by atoms with van der Waals surface area (Å²) in [6.07, 6.45) is 1.44. The minimum atomic E-state index is -0.520. The zero-order chi connectivity index (χ0) is 14.7. The van der Waals surface area contributed by atoms with Crippen molar-refractivity contribution in [3.63, 3.8) is 0 Å². The number of aryl methyl sites for hydroxylation is 1. The smallest absolute Gasteiger partial charge is 0.269 e. The molecule has 1 N–H and O–H groups in total. The number of nitrogens with zero attached hydrogens (tertiary/aromatic N) is 2. The van der Waals surface area contributed by atoms with Crippen molar-refractivity contribution < 1.29 is 9.72 Å². The molecule has 102 valence electrons. The highest BCUT2D eigenvalue weighted by atomic mass is 35.5. The summed E-state index contributed by atoms with van der Waals surface area (Å²) in [5.41, 5.74) is 1.51. The van der Waals surface area contributed by atoms with E-state index in [2.05, 4.69) is 10.3 Å². The topological polar surface area (TPSA) is 85.1 Å². The van der Waals surface area contributed by atoms with E-state index in [0.717, 1.165) is 5.56 Å². The number of amides is 1. The van der Waals surface area contributed by atoms with Crippen molar-refractivity contribution in [2.75, 3.05) is 5.32 Å². The number of rotatable bonds is 3. The minimum absolute atomic E-state index is 0.0643. The third-order valence-corrected chi connectivity index (χ3v) is 3.01. The number of aromatic nitrogens is 1. The maximum atomic E-state index is 11.9. The lowest BCUT2D eigenvalue weighted by Gasteiger charge is -2.06. The van der Waals surface area contributed by atoms with Gasteiger partial charge >= 0.3 is 0 Å². The lowest BCUT2D eigenvalue weighted by Crippen LogP contribution is -2.12. The molecule has 0 unspecified atom stereocenters. The van der Waals surface area contributed by atoms with E-state index < -0.39 is 4.92 Å². The van der Waals surface area contributed by atoms with Crippen LogP contribution in [0.25, 0.3) is 0 Å². The molecular formula is C13H10ClN3O3. The maximum absolute atomic E-state index is 11.9. The van der Waals surface area contributed by atoms with Gasteiger partial charge < -0.3 is 5.32 Å². The molecule has 2 aromatic rings. The van der Waals surface area contributed by atoms with E-state index in [1.54, 1.807) is 13.0 Å². The van der Waals surface area contributed by atoms with Crippen molar-refractivity contribution >= 4 is 28.9 Å². The fraction of sp³-hybridized carbons (Fsp3) is 0.0769. The predicted octanol–water partition coefficient (Wildman–Crippen LogP) is 3.20. The lowest BCUT2D eigenvalue weighted by molar-refractivity contribution is -0.384. The Kier molecular flexibility index (Phi) is 3.95. The Hall–Kier alpha value is -2.47. The number of hydrogen-bond acceptors (Lipinski definition) is 4. The molecule has 7 heteroatoms. The third-order valence-electron chi connectivity index (χ3n) is 2.61. The number of carbonyl (C=O) groups is 1. The van der Waals surface area contributed by atoms with Gasteiger partial charge in [-0.1, -0.05) is 11.6 Å². The predicted molar refractivity (Wildman–Crippen MR) is 75.0 cm³/mol. The summed E-state index contributed by atoms with van der Waals surface area (Å²) < 4.78 is 0. The number of nitro benzene ring substituents is 1. The Bertz CT molecular complexity index is 671. The van der Waals surface area contributed by atoms with Crippen molar-refractivity contribution in [1.29, 1.82) is 0 Å². The zero-order valence-electron chi connectivity index (χ0n) is 10.5. The quantitative estimate of drug-likeness (QED) is 0.534. The van der Waals surface area contributed by atoms with Gasteiger partial charge in [-0.05, 0) is 30.7 Å². The summed E-state index contributed by atoms with van der Waals surface area (Å²) in [6, 6.07) is 7.03. The molecule has 0 saturated carbocycles. The van der Waals surface area contributed by atoms with Crippen LogP contribution in [-0.2, 0) is 0 Å². The van der Waals surface area contributed by atoms with E-state index in [0.29, 0.717) is 16.4 Å². The second-order valence-corrected chi connectivity index (χ2v) is 4.45. The first-order valence-corrected chi connectivity index (χ1v) is 6.03. The average molecular weight is 292 g/mol. The average Bonchev–Trinajstić information content (AvgIpc) is 2.43. The number of anilines is 1. The lowest BCUT2D eigenvalue weighted by atomic mass is 10.2. The summed E-state index contributed by atoms with van der Waals surface area (Å²) in [5.74, 6) is -0.372. The Morgan fingerprint density at radius 2 is 2.00 bits per heavy atom. The van der Waals surface area contributed by atoms with Gasteiger partial charge in [-0.2, -0.15) is 0 Å². The van der Waals surface area contributed by atoms with Gasteiger partial charge in [0.15, 0.2) is 0 Å². The van der Waals surface area contributed by atoms with Gasteiger partial charge in [0.25, 0.3) is 11.6 Å². The molecule has 1 aromatic heterocycles. The van der Waals surface area contributed by atoms with Crippen molar-refractivity contribution in [2.24, 2.45) is 0 Å². The number of nitrogens with one attached hydrogen (secondary N) is 1. The van der Waals surface area contributed by atoms with Crippen LogP contribution in [0.1, 0.15) is 15.9 Å². The number of hydrogen-bond donors (Lipinski definition) is 1. The van der Waals surface area contributed by atoms with Gasteiger partial charge in [-0.15, -0.1) is 0 Å².